The zero-order valence-electron chi connectivity index (χ0n) is 16.2. The van der Waals surface area contributed by atoms with E-state index in [1.807, 2.05) is 7.05 Å². The second kappa shape index (κ2) is 13.1. The number of nitrogens with one attached hydrogen (secondary N) is 1. The van der Waals surface area contributed by atoms with Crippen molar-refractivity contribution in [3.8, 4) is 0 Å². The summed E-state index contributed by atoms with van der Waals surface area (Å²) >= 11 is 0. The number of likely N-dealkylation sites (tertiary alicyclic amines) is 1. The highest BCUT2D eigenvalue weighted by Gasteiger charge is 2.23. The molecule has 0 aromatic rings. The quantitative estimate of drug-likeness (QED) is 0.269. The zero-order chi connectivity index (χ0) is 17.2. The first-order valence-corrected chi connectivity index (χ1v) is 9.52. The second-order valence-electron chi connectivity index (χ2n) is 7.14. The van der Waals surface area contributed by atoms with Gasteiger partial charge in [0.05, 0.1) is 18.8 Å². The van der Waals surface area contributed by atoms with Crippen LogP contribution in [0.5, 0.6) is 0 Å². The van der Waals surface area contributed by atoms with E-state index in [9.17, 15) is 0 Å². The van der Waals surface area contributed by atoms with E-state index in [4.69, 9.17) is 9.47 Å². The van der Waals surface area contributed by atoms with Crippen LogP contribution in [0.15, 0.2) is 4.99 Å². The molecule has 2 aliphatic heterocycles. The normalized spacial score (nSPS) is 22.8. The predicted octanol–water partition coefficient (Wildman–Crippen LogP) is 2.18. The van der Waals surface area contributed by atoms with Crippen LogP contribution in [0, 0.1) is 0 Å². The lowest BCUT2D eigenvalue weighted by Gasteiger charge is -2.35. The Morgan fingerprint density at radius 2 is 2.00 bits per heavy atom. The van der Waals surface area contributed by atoms with Gasteiger partial charge in [0.2, 0.25) is 0 Å². The van der Waals surface area contributed by atoms with Crippen LogP contribution in [-0.4, -0.2) is 88.5 Å². The molecule has 0 saturated carbocycles. The molecule has 0 aliphatic carbocycles. The smallest absolute Gasteiger partial charge is 0.193 e. The summed E-state index contributed by atoms with van der Waals surface area (Å²) in [6.45, 7) is 5.78. The van der Waals surface area contributed by atoms with Crippen molar-refractivity contribution in [3.05, 3.63) is 0 Å². The number of piperidine rings is 1. The van der Waals surface area contributed by atoms with Crippen molar-refractivity contribution >= 4 is 29.9 Å². The number of nitrogens with zero attached hydrogens (tertiary/aromatic N) is 3. The van der Waals surface area contributed by atoms with E-state index < -0.39 is 0 Å². The molecule has 0 bridgehead atoms. The Labute approximate surface area is 170 Å². The van der Waals surface area contributed by atoms with Crippen molar-refractivity contribution in [1.82, 2.24) is 15.1 Å². The van der Waals surface area contributed by atoms with Gasteiger partial charge >= 0.3 is 0 Å². The number of rotatable bonds is 7. The third-order valence-corrected chi connectivity index (χ3v) is 4.81. The summed E-state index contributed by atoms with van der Waals surface area (Å²) in [7, 11) is 6.09. The first kappa shape index (κ1) is 22.9. The van der Waals surface area contributed by atoms with E-state index in [1.165, 1.54) is 12.8 Å². The molecule has 2 fully saturated rings. The molecular formula is C18H37IN4O2. The molecule has 0 spiro atoms. The van der Waals surface area contributed by atoms with Gasteiger partial charge < -0.3 is 24.6 Å². The Bertz CT molecular complexity index is 368. The van der Waals surface area contributed by atoms with Crippen LogP contribution in [0.1, 0.15) is 38.5 Å². The van der Waals surface area contributed by atoms with E-state index in [0.29, 0.717) is 12.2 Å². The maximum Gasteiger partial charge on any atom is 0.193 e. The highest BCUT2D eigenvalue weighted by Crippen LogP contribution is 2.17. The molecule has 2 aliphatic rings. The van der Waals surface area contributed by atoms with Crippen molar-refractivity contribution in [2.45, 2.75) is 50.7 Å². The van der Waals surface area contributed by atoms with Crippen LogP contribution >= 0.6 is 24.0 Å². The molecular weight excluding hydrogens is 431 g/mol. The summed E-state index contributed by atoms with van der Waals surface area (Å²) in [6.07, 6.45) is 7.62. The van der Waals surface area contributed by atoms with Gasteiger partial charge in [-0.15, -0.1) is 24.0 Å². The summed E-state index contributed by atoms with van der Waals surface area (Å²) in [5, 5.41) is 3.48. The van der Waals surface area contributed by atoms with E-state index in [2.05, 4.69) is 34.2 Å². The SMILES string of the molecule is CN=C(NCCCN(C)C)N1CCC(OCC2CCCCO2)CC1.I. The average molecular weight is 468 g/mol. The lowest BCUT2D eigenvalue weighted by atomic mass is 10.1. The minimum Gasteiger partial charge on any atom is -0.376 e. The summed E-state index contributed by atoms with van der Waals surface area (Å²) in [5.74, 6) is 1.03. The van der Waals surface area contributed by atoms with Crippen LogP contribution < -0.4 is 5.32 Å². The molecule has 1 atom stereocenters. The molecule has 2 heterocycles. The van der Waals surface area contributed by atoms with Crippen molar-refractivity contribution in [2.75, 3.05) is 60.5 Å². The molecule has 0 radical (unpaired) electrons. The van der Waals surface area contributed by atoms with Gasteiger partial charge in [-0.05, 0) is 59.2 Å². The summed E-state index contributed by atoms with van der Waals surface area (Å²) in [5.41, 5.74) is 0. The van der Waals surface area contributed by atoms with Crippen LogP contribution in [0.25, 0.3) is 0 Å². The Morgan fingerprint density at radius 1 is 1.24 bits per heavy atom. The van der Waals surface area contributed by atoms with Gasteiger partial charge in [0.15, 0.2) is 5.96 Å². The largest absolute Gasteiger partial charge is 0.376 e. The first-order valence-electron chi connectivity index (χ1n) is 9.52. The third-order valence-electron chi connectivity index (χ3n) is 4.81. The topological polar surface area (TPSA) is 49.3 Å². The number of ether oxygens (including phenoxy) is 2. The molecule has 0 aromatic heterocycles. The van der Waals surface area contributed by atoms with Gasteiger partial charge in [-0.25, -0.2) is 0 Å². The molecule has 25 heavy (non-hydrogen) atoms. The molecule has 0 aromatic carbocycles. The molecule has 1 unspecified atom stereocenters. The molecule has 2 saturated heterocycles. The summed E-state index contributed by atoms with van der Waals surface area (Å²) in [4.78, 5) is 9.00. The van der Waals surface area contributed by atoms with Crippen molar-refractivity contribution in [2.24, 2.45) is 4.99 Å². The summed E-state index contributed by atoms with van der Waals surface area (Å²) < 4.78 is 11.8. The van der Waals surface area contributed by atoms with E-state index >= 15 is 0 Å². The minimum absolute atomic E-state index is 0. The number of halogens is 1. The third kappa shape index (κ3) is 8.88. The first-order chi connectivity index (χ1) is 11.7. The van der Waals surface area contributed by atoms with Gasteiger partial charge in [-0.2, -0.15) is 0 Å². The van der Waals surface area contributed by atoms with E-state index in [1.54, 1.807) is 0 Å². The van der Waals surface area contributed by atoms with E-state index in [0.717, 1.165) is 71.0 Å². The number of hydrogen-bond acceptors (Lipinski definition) is 4. The highest BCUT2D eigenvalue weighted by atomic mass is 127. The average Bonchev–Trinajstić information content (AvgIpc) is 2.61. The van der Waals surface area contributed by atoms with Crippen molar-refractivity contribution in [1.29, 1.82) is 0 Å². The lowest BCUT2D eigenvalue weighted by Crippen LogP contribution is -2.47. The predicted molar refractivity (Wildman–Crippen MR) is 114 cm³/mol. The van der Waals surface area contributed by atoms with Crippen LogP contribution in [0.3, 0.4) is 0 Å². The molecule has 1 N–H and O–H groups in total. The number of guanidine groups is 1. The zero-order valence-corrected chi connectivity index (χ0v) is 18.5. The highest BCUT2D eigenvalue weighted by molar-refractivity contribution is 14.0. The van der Waals surface area contributed by atoms with Gasteiger partial charge in [-0.1, -0.05) is 0 Å². The number of hydrogen-bond donors (Lipinski definition) is 1. The maximum absolute atomic E-state index is 6.09. The Balaban J connectivity index is 0.00000312. The van der Waals surface area contributed by atoms with Crippen molar-refractivity contribution < 1.29 is 9.47 Å². The fourth-order valence-corrected chi connectivity index (χ4v) is 3.34. The van der Waals surface area contributed by atoms with Crippen molar-refractivity contribution in [3.63, 3.8) is 0 Å². The Hall–Kier alpha value is -0.120. The lowest BCUT2D eigenvalue weighted by molar-refractivity contribution is -0.0721. The van der Waals surface area contributed by atoms with Crippen LogP contribution in [0.2, 0.25) is 0 Å². The van der Waals surface area contributed by atoms with Crippen LogP contribution in [-0.2, 0) is 9.47 Å². The maximum atomic E-state index is 6.09. The second-order valence-corrected chi connectivity index (χ2v) is 7.14. The fraction of sp³-hybridized carbons (Fsp3) is 0.944. The standard InChI is InChI=1S/C18H36N4O2.HI/c1-19-18(20-10-6-11-21(2)3)22-12-8-16(9-13-22)24-15-17-7-4-5-14-23-17;/h16-17H,4-15H2,1-3H3,(H,19,20);1H. The van der Waals surface area contributed by atoms with Gasteiger partial charge in [-0.3, -0.25) is 4.99 Å². The van der Waals surface area contributed by atoms with Gasteiger partial charge in [0.25, 0.3) is 0 Å². The van der Waals surface area contributed by atoms with Gasteiger partial charge in [0.1, 0.15) is 0 Å². The molecule has 0 amide bonds. The monoisotopic (exact) mass is 468 g/mol. The van der Waals surface area contributed by atoms with Crippen LogP contribution in [0.4, 0.5) is 0 Å². The molecule has 148 valence electrons. The van der Waals surface area contributed by atoms with E-state index in [-0.39, 0.29) is 24.0 Å². The molecule has 7 heteroatoms. The summed E-state index contributed by atoms with van der Waals surface area (Å²) in [6, 6.07) is 0. The Morgan fingerprint density at radius 3 is 2.60 bits per heavy atom. The fourth-order valence-electron chi connectivity index (χ4n) is 3.34. The minimum atomic E-state index is 0. The molecule has 6 nitrogen and oxygen atoms in total. The molecule has 2 rings (SSSR count). The van der Waals surface area contributed by atoms with Gasteiger partial charge in [0, 0.05) is 33.3 Å². The number of aliphatic imine (C=N–C) groups is 1. The Kier molecular flexibility index (Phi) is 12.0.